The third-order valence-corrected chi connectivity index (χ3v) is 1.21. The molecule has 0 aromatic rings. The Morgan fingerprint density at radius 1 is 1.33 bits per heavy atom. The number of hydrogen-bond donors (Lipinski definition) is 2. The number of rotatable bonds is 0. The van der Waals surface area contributed by atoms with Gasteiger partial charge >= 0.3 is 15.1 Å². The zero-order chi connectivity index (χ0) is 6.91. The Labute approximate surface area is 57.7 Å². The highest BCUT2D eigenvalue weighted by Gasteiger charge is 2.25. The van der Waals surface area contributed by atoms with Gasteiger partial charge in [-0.05, 0) is 20.8 Å². The summed E-state index contributed by atoms with van der Waals surface area (Å²) in [7, 11) is 3.70. The summed E-state index contributed by atoms with van der Waals surface area (Å²) in [6.07, 6.45) is 0. The van der Waals surface area contributed by atoms with Crippen molar-refractivity contribution in [3.63, 3.8) is 0 Å². The van der Waals surface area contributed by atoms with Gasteiger partial charge in [-0.25, -0.2) is 0 Å². The van der Waals surface area contributed by atoms with Gasteiger partial charge in [0, 0.05) is 5.54 Å². The molecule has 1 fully saturated rings. The summed E-state index contributed by atoms with van der Waals surface area (Å²) < 4.78 is 0. The molecule has 2 radical (unpaired) electrons. The van der Waals surface area contributed by atoms with Crippen molar-refractivity contribution in [1.29, 1.82) is 0 Å². The van der Waals surface area contributed by atoms with Crippen LogP contribution in [-0.2, 0) is 0 Å². The minimum Gasteiger partial charge on any atom is -0.376 e. The number of hydrazine groups is 1. The van der Waals surface area contributed by atoms with E-state index in [0.29, 0.717) is 0 Å². The smallest absolute Gasteiger partial charge is 0.313 e. The molecule has 1 heterocycles. The topological polar surface area (TPSA) is 27.3 Å². The summed E-state index contributed by atoms with van der Waals surface area (Å²) in [6.45, 7) is 6.41. The molecule has 0 aromatic carbocycles. The Bertz CT molecular complexity index is 94.5. The van der Waals surface area contributed by atoms with E-state index in [2.05, 4.69) is 31.2 Å². The van der Waals surface area contributed by atoms with Gasteiger partial charge in [0.1, 0.15) is 0 Å². The van der Waals surface area contributed by atoms with Gasteiger partial charge in [-0.3, -0.25) is 10.3 Å². The average molecular weight is 123 g/mol. The molecule has 0 atom stereocenters. The Morgan fingerprint density at radius 3 is 2.22 bits per heavy atom. The fraction of sp³-hybridized carbons (Fsp3) is 1.00. The molecular weight excluding hydrogens is 112 g/mol. The molecule has 5 heteroatoms. The van der Waals surface area contributed by atoms with Crippen molar-refractivity contribution in [3.05, 3.63) is 0 Å². The third-order valence-electron chi connectivity index (χ3n) is 1.21. The van der Waals surface area contributed by atoms with Crippen LogP contribution in [0.1, 0.15) is 20.8 Å². The third kappa shape index (κ3) is 1.71. The van der Waals surface area contributed by atoms with Crippen LogP contribution < -0.4 is 10.5 Å². The quantitative estimate of drug-likeness (QED) is 0.415. The SMILES string of the molecule is CC(C)(C)N1[B]N[B]N1. The van der Waals surface area contributed by atoms with Crippen molar-refractivity contribution >= 4 is 15.1 Å². The first-order valence-corrected chi connectivity index (χ1v) is 3.07. The van der Waals surface area contributed by atoms with Crippen molar-refractivity contribution in [2.45, 2.75) is 26.3 Å². The summed E-state index contributed by atoms with van der Waals surface area (Å²) in [5.41, 5.74) is 0.153. The molecule has 0 bridgehead atoms. The van der Waals surface area contributed by atoms with E-state index in [1.807, 2.05) is 12.5 Å². The average Bonchev–Trinajstić information content (AvgIpc) is 2.08. The summed E-state index contributed by atoms with van der Waals surface area (Å²) in [6, 6.07) is 0. The molecule has 3 nitrogen and oxygen atoms in total. The van der Waals surface area contributed by atoms with Crippen molar-refractivity contribution in [1.82, 2.24) is 15.4 Å². The number of nitrogens with zero attached hydrogens (tertiary/aromatic N) is 1. The first-order chi connectivity index (χ1) is 4.11. The summed E-state index contributed by atoms with van der Waals surface area (Å²) in [4.78, 5) is 2.01. The standard InChI is InChI=1S/C4H11B2N3/c1-4(2,3)9-6-7-5-8-9/h7-8H,1-3H3. The maximum atomic E-state index is 3.04. The highest BCUT2D eigenvalue weighted by Crippen LogP contribution is 2.08. The van der Waals surface area contributed by atoms with Crippen molar-refractivity contribution < 1.29 is 0 Å². The monoisotopic (exact) mass is 123 g/mol. The lowest BCUT2D eigenvalue weighted by Gasteiger charge is -2.30. The largest absolute Gasteiger partial charge is 0.376 e. The van der Waals surface area contributed by atoms with Crippen LogP contribution >= 0.6 is 0 Å². The fourth-order valence-corrected chi connectivity index (χ4v) is 0.643. The predicted octanol–water partition coefficient (Wildman–Crippen LogP) is -0.737. The van der Waals surface area contributed by atoms with Crippen LogP contribution in [0.15, 0.2) is 0 Å². The zero-order valence-electron chi connectivity index (χ0n) is 6.10. The van der Waals surface area contributed by atoms with E-state index in [9.17, 15) is 0 Å². The highest BCUT2D eigenvalue weighted by atomic mass is 15.5. The van der Waals surface area contributed by atoms with Gasteiger partial charge in [-0.1, -0.05) is 0 Å². The van der Waals surface area contributed by atoms with E-state index in [0.717, 1.165) is 0 Å². The summed E-state index contributed by atoms with van der Waals surface area (Å²) in [5, 5.41) is 5.98. The van der Waals surface area contributed by atoms with Crippen LogP contribution in [0.3, 0.4) is 0 Å². The fourth-order valence-electron chi connectivity index (χ4n) is 0.643. The minimum absolute atomic E-state index is 0.153. The lowest BCUT2D eigenvalue weighted by Crippen LogP contribution is -2.48. The van der Waals surface area contributed by atoms with Crippen LogP contribution in [0.25, 0.3) is 0 Å². The predicted molar refractivity (Wildman–Crippen MR) is 39.4 cm³/mol. The first kappa shape index (κ1) is 7.12. The zero-order valence-corrected chi connectivity index (χ0v) is 6.10. The Morgan fingerprint density at radius 2 is 2.00 bits per heavy atom. The normalized spacial score (nSPS) is 21.2. The van der Waals surface area contributed by atoms with Crippen LogP contribution in [0.4, 0.5) is 0 Å². The number of hydrogen-bond acceptors (Lipinski definition) is 3. The lowest BCUT2D eigenvalue weighted by molar-refractivity contribution is 0.235. The summed E-state index contributed by atoms with van der Waals surface area (Å²) in [5.74, 6) is 0. The van der Waals surface area contributed by atoms with Gasteiger partial charge in [0.2, 0.25) is 0 Å². The van der Waals surface area contributed by atoms with E-state index in [4.69, 9.17) is 0 Å². The van der Waals surface area contributed by atoms with Crippen molar-refractivity contribution in [2.75, 3.05) is 0 Å². The van der Waals surface area contributed by atoms with Gasteiger partial charge in [0.15, 0.2) is 0 Å². The Kier molecular flexibility index (Phi) is 1.84. The van der Waals surface area contributed by atoms with Crippen molar-refractivity contribution in [2.24, 2.45) is 0 Å². The summed E-state index contributed by atoms with van der Waals surface area (Å²) >= 11 is 0. The molecule has 1 rings (SSSR count). The van der Waals surface area contributed by atoms with Gasteiger partial charge in [0.25, 0.3) is 0 Å². The Balaban J connectivity index is 2.42. The van der Waals surface area contributed by atoms with E-state index < -0.39 is 0 Å². The van der Waals surface area contributed by atoms with Crippen LogP contribution in [0, 0.1) is 0 Å². The first-order valence-electron chi connectivity index (χ1n) is 3.07. The Hall–Kier alpha value is 0.00987. The molecule has 0 aromatic heterocycles. The second-order valence-corrected chi connectivity index (χ2v) is 3.11. The van der Waals surface area contributed by atoms with Crippen LogP contribution in [-0.4, -0.2) is 25.6 Å². The molecular formula is C4H11B2N3. The minimum atomic E-state index is 0.153. The van der Waals surface area contributed by atoms with E-state index >= 15 is 0 Å². The van der Waals surface area contributed by atoms with Gasteiger partial charge in [-0.2, -0.15) is 0 Å². The number of nitrogens with one attached hydrogen (secondary N) is 2. The molecule has 2 N–H and O–H groups in total. The van der Waals surface area contributed by atoms with E-state index in [1.54, 1.807) is 7.55 Å². The van der Waals surface area contributed by atoms with E-state index in [1.165, 1.54) is 0 Å². The van der Waals surface area contributed by atoms with Crippen molar-refractivity contribution in [3.8, 4) is 0 Å². The molecule has 0 amide bonds. The van der Waals surface area contributed by atoms with Crippen LogP contribution in [0.5, 0.6) is 0 Å². The second-order valence-electron chi connectivity index (χ2n) is 3.11. The van der Waals surface area contributed by atoms with Gasteiger partial charge in [-0.15, -0.1) is 0 Å². The maximum absolute atomic E-state index is 3.04. The molecule has 9 heavy (non-hydrogen) atoms. The molecule has 1 saturated heterocycles. The molecule has 0 unspecified atom stereocenters. The van der Waals surface area contributed by atoms with Crippen LogP contribution in [0.2, 0.25) is 0 Å². The molecule has 0 saturated carbocycles. The second kappa shape index (κ2) is 2.33. The molecule has 1 aliphatic heterocycles. The molecule has 0 aliphatic carbocycles. The highest BCUT2D eigenvalue weighted by molar-refractivity contribution is 6.52. The molecule has 0 spiro atoms. The van der Waals surface area contributed by atoms with Gasteiger partial charge in [0.05, 0.1) is 0 Å². The molecule has 1 aliphatic rings. The lowest BCUT2D eigenvalue weighted by atomic mass is 9.99. The maximum Gasteiger partial charge on any atom is 0.313 e. The van der Waals surface area contributed by atoms with Gasteiger partial charge < -0.3 is 5.14 Å². The van der Waals surface area contributed by atoms with E-state index in [-0.39, 0.29) is 5.54 Å². The molecule has 48 valence electrons.